The van der Waals surface area contributed by atoms with Gasteiger partial charge in [0.05, 0.1) is 30.4 Å². The first-order valence-corrected chi connectivity index (χ1v) is 13.5. The molecule has 0 saturated carbocycles. The van der Waals surface area contributed by atoms with Crippen LogP contribution < -0.4 is 9.64 Å². The Bertz CT molecular complexity index is 1380. The van der Waals surface area contributed by atoms with Crippen LogP contribution in [0.3, 0.4) is 0 Å². The summed E-state index contributed by atoms with van der Waals surface area (Å²) in [6, 6.07) is 18.0. The minimum atomic E-state index is -0.969. The van der Waals surface area contributed by atoms with Crippen LogP contribution >= 0.6 is 0 Å². The topological polar surface area (TPSA) is 113 Å². The molecule has 208 valence electrons. The van der Waals surface area contributed by atoms with E-state index >= 15 is 0 Å². The molecule has 0 aromatic heterocycles. The Kier molecular flexibility index (Phi) is 9.22. The van der Waals surface area contributed by atoms with Gasteiger partial charge in [-0.1, -0.05) is 38.8 Å². The molecule has 1 heterocycles. The zero-order chi connectivity index (χ0) is 28.6. The maximum absolute atomic E-state index is 13.4. The van der Waals surface area contributed by atoms with Crippen molar-refractivity contribution in [2.24, 2.45) is 0 Å². The Morgan fingerprint density at radius 2 is 1.48 bits per heavy atom. The van der Waals surface area contributed by atoms with E-state index in [4.69, 9.17) is 9.47 Å². The third kappa shape index (κ3) is 6.17. The van der Waals surface area contributed by atoms with E-state index in [0.29, 0.717) is 47.8 Å². The van der Waals surface area contributed by atoms with Gasteiger partial charge in [0.1, 0.15) is 17.3 Å². The summed E-state index contributed by atoms with van der Waals surface area (Å²) in [6.07, 6.45) is 3.79. The van der Waals surface area contributed by atoms with Crippen molar-refractivity contribution < 1.29 is 34.1 Å². The Morgan fingerprint density at radius 3 is 2.10 bits per heavy atom. The summed E-state index contributed by atoms with van der Waals surface area (Å²) < 4.78 is 10.9. The lowest BCUT2D eigenvalue weighted by Crippen LogP contribution is -2.29. The van der Waals surface area contributed by atoms with E-state index in [9.17, 15) is 24.6 Å². The molecule has 0 spiro atoms. The fraction of sp³-hybridized carbons (Fsp3) is 0.281. The molecule has 8 heteroatoms. The van der Waals surface area contributed by atoms with Gasteiger partial charge in [0.15, 0.2) is 0 Å². The van der Waals surface area contributed by atoms with Gasteiger partial charge in [-0.2, -0.15) is 0 Å². The summed E-state index contributed by atoms with van der Waals surface area (Å²) in [5.41, 5.74) is 1.46. The highest BCUT2D eigenvalue weighted by Gasteiger charge is 2.47. The van der Waals surface area contributed by atoms with Gasteiger partial charge in [0.2, 0.25) is 0 Å². The number of aromatic hydroxyl groups is 1. The Hall–Kier alpha value is -4.59. The summed E-state index contributed by atoms with van der Waals surface area (Å²) >= 11 is 0. The molecule has 0 bridgehead atoms. The molecule has 0 aliphatic carbocycles. The van der Waals surface area contributed by atoms with Crippen LogP contribution in [0.2, 0.25) is 0 Å². The van der Waals surface area contributed by atoms with Crippen LogP contribution in [0, 0.1) is 0 Å². The quantitative estimate of drug-likeness (QED) is 0.0980. The average Bonchev–Trinajstić information content (AvgIpc) is 3.24. The van der Waals surface area contributed by atoms with Gasteiger partial charge in [0.25, 0.3) is 11.7 Å². The molecule has 1 aliphatic rings. The molecular weight excluding hydrogens is 510 g/mol. The van der Waals surface area contributed by atoms with Gasteiger partial charge < -0.3 is 19.7 Å². The molecule has 3 aromatic carbocycles. The first kappa shape index (κ1) is 28.4. The fourth-order valence-corrected chi connectivity index (χ4v) is 4.51. The largest absolute Gasteiger partial charge is 0.508 e. The van der Waals surface area contributed by atoms with Gasteiger partial charge >= 0.3 is 5.97 Å². The number of amides is 1. The second-order valence-corrected chi connectivity index (χ2v) is 9.52. The molecular formula is C32H33NO7. The number of ketones is 1. The first-order valence-electron chi connectivity index (χ1n) is 13.5. The van der Waals surface area contributed by atoms with Crippen LogP contribution in [0.15, 0.2) is 78.4 Å². The van der Waals surface area contributed by atoms with Gasteiger partial charge in [0, 0.05) is 11.3 Å². The second kappa shape index (κ2) is 13.0. The number of Topliss-reactive ketones (excluding diaryl/α,β-unsaturated/α-hetero) is 1. The van der Waals surface area contributed by atoms with Crippen molar-refractivity contribution in [2.45, 2.75) is 45.6 Å². The van der Waals surface area contributed by atoms with Crippen molar-refractivity contribution in [3.63, 3.8) is 0 Å². The van der Waals surface area contributed by atoms with Crippen molar-refractivity contribution in [3.05, 3.63) is 95.1 Å². The van der Waals surface area contributed by atoms with Crippen molar-refractivity contribution >= 4 is 29.1 Å². The minimum Gasteiger partial charge on any atom is -0.508 e. The molecule has 1 fully saturated rings. The molecule has 1 atom stereocenters. The molecule has 8 nitrogen and oxygen atoms in total. The number of esters is 1. The van der Waals surface area contributed by atoms with E-state index in [1.54, 1.807) is 48.5 Å². The number of phenols is 1. The molecule has 1 saturated heterocycles. The maximum atomic E-state index is 13.4. The SMILES string of the molecule is CCCCCOc1ccc(/C(O)=C2\C(=O)C(=O)N(c3ccc(C(=O)OCCC)cc3)C2c2ccc(O)cc2)cc1. The Morgan fingerprint density at radius 1 is 0.825 bits per heavy atom. The van der Waals surface area contributed by atoms with E-state index in [0.717, 1.165) is 19.3 Å². The molecule has 2 N–H and O–H groups in total. The highest BCUT2D eigenvalue weighted by atomic mass is 16.5. The zero-order valence-electron chi connectivity index (χ0n) is 22.6. The van der Waals surface area contributed by atoms with Crippen LogP contribution in [-0.2, 0) is 14.3 Å². The summed E-state index contributed by atoms with van der Waals surface area (Å²) in [4.78, 5) is 40.3. The monoisotopic (exact) mass is 543 g/mol. The van der Waals surface area contributed by atoms with Crippen LogP contribution in [0.5, 0.6) is 11.5 Å². The highest BCUT2D eigenvalue weighted by molar-refractivity contribution is 6.51. The normalized spacial score (nSPS) is 16.2. The van der Waals surface area contributed by atoms with Gasteiger partial charge in [-0.15, -0.1) is 0 Å². The Labute approximate surface area is 233 Å². The van der Waals surface area contributed by atoms with Crippen LogP contribution in [0.1, 0.15) is 67.1 Å². The Balaban J connectivity index is 1.71. The third-order valence-corrected chi connectivity index (χ3v) is 6.62. The number of phenolic OH excluding ortho intramolecular Hbond substituents is 1. The van der Waals surface area contributed by atoms with Gasteiger partial charge in [-0.05, 0) is 79.1 Å². The van der Waals surface area contributed by atoms with Crippen molar-refractivity contribution in [1.82, 2.24) is 0 Å². The number of aliphatic hydroxyl groups excluding tert-OH is 1. The number of carbonyl (C=O) groups excluding carboxylic acids is 3. The number of anilines is 1. The number of rotatable bonds is 11. The van der Waals surface area contributed by atoms with Crippen LogP contribution in [0.4, 0.5) is 5.69 Å². The number of unbranched alkanes of at least 4 members (excludes halogenated alkanes) is 2. The molecule has 40 heavy (non-hydrogen) atoms. The molecule has 0 radical (unpaired) electrons. The lowest BCUT2D eigenvalue weighted by atomic mass is 9.95. The summed E-state index contributed by atoms with van der Waals surface area (Å²) in [6.45, 7) is 4.89. The van der Waals surface area contributed by atoms with E-state index in [-0.39, 0.29) is 17.1 Å². The summed E-state index contributed by atoms with van der Waals surface area (Å²) in [7, 11) is 0. The van der Waals surface area contributed by atoms with Gasteiger partial charge in [-0.3, -0.25) is 14.5 Å². The molecule has 4 rings (SSSR count). The van der Waals surface area contributed by atoms with Crippen molar-refractivity contribution in [2.75, 3.05) is 18.1 Å². The van der Waals surface area contributed by atoms with E-state index in [2.05, 4.69) is 6.92 Å². The van der Waals surface area contributed by atoms with E-state index in [1.165, 1.54) is 29.2 Å². The number of hydrogen-bond donors (Lipinski definition) is 2. The van der Waals surface area contributed by atoms with Crippen LogP contribution in [0.25, 0.3) is 5.76 Å². The van der Waals surface area contributed by atoms with E-state index < -0.39 is 23.7 Å². The summed E-state index contributed by atoms with van der Waals surface area (Å²) in [5, 5.41) is 21.2. The zero-order valence-corrected chi connectivity index (χ0v) is 22.6. The van der Waals surface area contributed by atoms with E-state index in [1.807, 2.05) is 6.92 Å². The predicted octanol–water partition coefficient (Wildman–Crippen LogP) is 6.15. The number of benzene rings is 3. The molecule has 1 amide bonds. The smallest absolute Gasteiger partial charge is 0.338 e. The highest BCUT2D eigenvalue weighted by Crippen LogP contribution is 2.42. The van der Waals surface area contributed by atoms with Crippen LogP contribution in [-0.4, -0.2) is 41.1 Å². The van der Waals surface area contributed by atoms with Crippen molar-refractivity contribution in [1.29, 1.82) is 0 Å². The lowest BCUT2D eigenvalue weighted by molar-refractivity contribution is -0.132. The standard InChI is InChI=1S/C32H33NO7/c1-3-5-6-20-39-26-17-11-22(12-18-26)29(35)27-28(21-9-15-25(34)16-10-21)33(31(37)30(27)36)24-13-7-23(8-14-24)32(38)40-19-4-2/h7-18,28,34-35H,3-6,19-20H2,1-2H3/b29-27+. The predicted molar refractivity (Wildman–Crippen MR) is 151 cm³/mol. The van der Waals surface area contributed by atoms with Crippen molar-refractivity contribution in [3.8, 4) is 11.5 Å². The number of nitrogens with zero attached hydrogens (tertiary/aromatic N) is 1. The number of aliphatic hydroxyl groups is 1. The third-order valence-electron chi connectivity index (χ3n) is 6.62. The fourth-order valence-electron chi connectivity index (χ4n) is 4.51. The maximum Gasteiger partial charge on any atom is 0.338 e. The molecule has 1 aliphatic heterocycles. The molecule has 1 unspecified atom stereocenters. The first-order chi connectivity index (χ1) is 19.3. The number of carbonyl (C=O) groups is 3. The van der Waals surface area contributed by atoms with Gasteiger partial charge in [-0.25, -0.2) is 4.79 Å². The number of hydrogen-bond acceptors (Lipinski definition) is 7. The molecule has 3 aromatic rings. The second-order valence-electron chi connectivity index (χ2n) is 9.52. The average molecular weight is 544 g/mol. The minimum absolute atomic E-state index is 0.0187. The summed E-state index contributed by atoms with van der Waals surface area (Å²) in [5.74, 6) is -1.82. The lowest BCUT2D eigenvalue weighted by Gasteiger charge is -2.25. The number of ether oxygens (including phenoxy) is 2.